The molecule has 3 aromatic rings. The van der Waals surface area contributed by atoms with Gasteiger partial charge in [0.1, 0.15) is 29.7 Å². The summed E-state index contributed by atoms with van der Waals surface area (Å²) < 4.78 is 21.6. The van der Waals surface area contributed by atoms with Crippen molar-refractivity contribution in [3.05, 3.63) is 72.1 Å². The Kier molecular flexibility index (Phi) is 4.82. The van der Waals surface area contributed by atoms with Gasteiger partial charge in [-0.25, -0.2) is 14.1 Å². The first-order chi connectivity index (χ1) is 13.2. The number of benzene rings is 2. The van der Waals surface area contributed by atoms with Crippen molar-refractivity contribution in [2.45, 2.75) is 25.4 Å². The third-order valence-electron chi connectivity index (χ3n) is 4.50. The van der Waals surface area contributed by atoms with Crippen LogP contribution in [0.5, 0.6) is 5.75 Å². The third-order valence-corrected chi connectivity index (χ3v) is 4.50. The van der Waals surface area contributed by atoms with Gasteiger partial charge in [-0.1, -0.05) is 30.3 Å². The molecule has 1 fully saturated rings. The van der Waals surface area contributed by atoms with Gasteiger partial charge >= 0.3 is 0 Å². The van der Waals surface area contributed by atoms with Gasteiger partial charge in [0.25, 0.3) is 0 Å². The van der Waals surface area contributed by atoms with E-state index in [-0.39, 0.29) is 24.2 Å². The average Bonchev–Trinajstić information content (AvgIpc) is 3.12. The van der Waals surface area contributed by atoms with Crippen molar-refractivity contribution < 1.29 is 13.9 Å². The number of para-hydroxylation sites is 2. The van der Waals surface area contributed by atoms with Crippen LogP contribution in [0.1, 0.15) is 30.4 Å². The summed E-state index contributed by atoms with van der Waals surface area (Å²) >= 11 is 0. The molecule has 0 saturated carbocycles. The van der Waals surface area contributed by atoms with Crippen molar-refractivity contribution in [2.75, 3.05) is 6.54 Å². The van der Waals surface area contributed by atoms with Crippen LogP contribution in [0.15, 0.2) is 54.6 Å². The Hall–Kier alpha value is -3.22. The van der Waals surface area contributed by atoms with E-state index in [2.05, 4.69) is 15.4 Å². The summed E-state index contributed by atoms with van der Waals surface area (Å²) in [6.45, 7) is 0.641. The summed E-state index contributed by atoms with van der Waals surface area (Å²) in [6, 6.07) is 15.8. The quantitative estimate of drug-likeness (QED) is 0.754. The Morgan fingerprint density at radius 2 is 1.93 bits per heavy atom. The number of nitrogens with zero attached hydrogens (tertiary/aromatic N) is 3. The molecule has 6 nitrogen and oxygen atoms in total. The lowest BCUT2D eigenvalue weighted by atomic mass is 9.98. The molecule has 1 amide bonds. The molecule has 0 radical (unpaired) electrons. The van der Waals surface area contributed by atoms with E-state index >= 15 is 0 Å². The second-order valence-corrected chi connectivity index (χ2v) is 6.39. The van der Waals surface area contributed by atoms with E-state index in [1.807, 2.05) is 30.3 Å². The fourth-order valence-corrected chi connectivity index (χ4v) is 3.11. The summed E-state index contributed by atoms with van der Waals surface area (Å²) in [5.41, 5.74) is 0.336. The van der Waals surface area contributed by atoms with Crippen LogP contribution in [0.4, 0.5) is 4.39 Å². The van der Waals surface area contributed by atoms with Gasteiger partial charge in [0.15, 0.2) is 5.82 Å². The van der Waals surface area contributed by atoms with Crippen LogP contribution in [0, 0.1) is 5.82 Å². The number of piperidine rings is 1. The highest BCUT2D eigenvalue weighted by atomic mass is 19.1. The molecule has 27 heavy (non-hydrogen) atoms. The molecule has 0 aliphatic carbocycles. The van der Waals surface area contributed by atoms with Crippen LogP contribution in [-0.4, -0.2) is 27.2 Å². The lowest BCUT2D eigenvalue weighted by Crippen LogP contribution is -2.34. The minimum absolute atomic E-state index is 0.0239. The zero-order chi connectivity index (χ0) is 18.6. The predicted molar refractivity (Wildman–Crippen MR) is 97.1 cm³/mol. The first-order valence-corrected chi connectivity index (χ1v) is 8.86. The maximum atomic E-state index is 14.4. The molecule has 7 heteroatoms. The maximum absolute atomic E-state index is 14.4. The Labute approximate surface area is 156 Å². The van der Waals surface area contributed by atoms with Crippen LogP contribution in [0.3, 0.4) is 0 Å². The van der Waals surface area contributed by atoms with Crippen molar-refractivity contribution in [1.29, 1.82) is 0 Å². The monoisotopic (exact) mass is 366 g/mol. The SMILES string of the molecule is O=C1CCC(c2nc(COc3ccccc3)nn2-c2ccccc2F)CN1. The minimum atomic E-state index is -0.376. The fraction of sp³-hybridized carbons (Fsp3) is 0.250. The van der Waals surface area contributed by atoms with Crippen LogP contribution in [-0.2, 0) is 11.4 Å². The number of carbonyl (C=O) groups is 1. The summed E-state index contributed by atoms with van der Waals surface area (Å²) in [4.78, 5) is 16.1. The van der Waals surface area contributed by atoms with E-state index in [0.717, 1.165) is 0 Å². The molecule has 0 bridgehead atoms. The highest BCUT2D eigenvalue weighted by molar-refractivity contribution is 5.76. The standard InChI is InChI=1S/C20H19FN4O2/c21-16-8-4-5-9-17(16)25-20(14-10-11-19(26)22-12-14)23-18(24-25)13-27-15-6-2-1-3-7-15/h1-9,14H,10-13H2,(H,22,26). The molecule has 1 unspecified atom stereocenters. The number of amides is 1. The lowest BCUT2D eigenvalue weighted by molar-refractivity contribution is -0.122. The molecule has 1 aliphatic heterocycles. The summed E-state index contributed by atoms with van der Waals surface area (Å²) in [5.74, 6) is 1.43. The Morgan fingerprint density at radius 1 is 1.15 bits per heavy atom. The molecular weight excluding hydrogens is 347 g/mol. The number of halogens is 1. The third kappa shape index (κ3) is 3.81. The molecular formula is C20H19FN4O2. The average molecular weight is 366 g/mol. The molecule has 2 aromatic carbocycles. The second-order valence-electron chi connectivity index (χ2n) is 6.39. The number of rotatable bonds is 5. The zero-order valence-electron chi connectivity index (χ0n) is 14.6. The summed E-state index contributed by atoms with van der Waals surface area (Å²) in [5, 5.41) is 7.32. The minimum Gasteiger partial charge on any atom is -0.486 e. The first-order valence-electron chi connectivity index (χ1n) is 8.86. The molecule has 1 aromatic heterocycles. The largest absolute Gasteiger partial charge is 0.486 e. The molecule has 138 valence electrons. The van der Waals surface area contributed by atoms with Crippen molar-refractivity contribution in [1.82, 2.24) is 20.1 Å². The van der Waals surface area contributed by atoms with Crippen molar-refractivity contribution in [3.8, 4) is 11.4 Å². The van der Waals surface area contributed by atoms with E-state index in [1.54, 1.807) is 18.2 Å². The molecule has 0 spiro atoms. The normalized spacial score (nSPS) is 16.8. The molecule has 1 aliphatic rings. The highest BCUT2D eigenvalue weighted by Gasteiger charge is 2.26. The Bertz CT molecular complexity index is 932. The maximum Gasteiger partial charge on any atom is 0.220 e. The van der Waals surface area contributed by atoms with Crippen LogP contribution >= 0.6 is 0 Å². The number of ether oxygens (including phenoxy) is 1. The molecule has 4 rings (SSSR count). The van der Waals surface area contributed by atoms with E-state index < -0.39 is 0 Å². The molecule has 1 N–H and O–H groups in total. The van der Waals surface area contributed by atoms with Crippen LogP contribution in [0.25, 0.3) is 5.69 Å². The van der Waals surface area contributed by atoms with Gasteiger partial charge in [-0.2, -0.15) is 0 Å². The highest BCUT2D eigenvalue weighted by Crippen LogP contribution is 2.26. The van der Waals surface area contributed by atoms with E-state index in [4.69, 9.17) is 4.74 Å². The zero-order valence-corrected chi connectivity index (χ0v) is 14.6. The molecule has 1 saturated heterocycles. The van der Waals surface area contributed by atoms with Gasteiger partial charge in [0.05, 0.1) is 0 Å². The fourth-order valence-electron chi connectivity index (χ4n) is 3.11. The van der Waals surface area contributed by atoms with Gasteiger partial charge in [0.2, 0.25) is 5.91 Å². The lowest BCUT2D eigenvalue weighted by Gasteiger charge is -2.22. The second kappa shape index (κ2) is 7.57. The number of hydrogen-bond acceptors (Lipinski definition) is 4. The topological polar surface area (TPSA) is 69.0 Å². The van der Waals surface area contributed by atoms with Gasteiger partial charge in [-0.3, -0.25) is 4.79 Å². The number of carbonyl (C=O) groups excluding carboxylic acids is 1. The molecule has 2 heterocycles. The Balaban J connectivity index is 1.64. The predicted octanol–water partition coefficient (Wildman–Crippen LogP) is 2.98. The van der Waals surface area contributed by atoms with E-state index in [0.29, 0.717) is 42.5 Å². The van der Waals surface area contributed by atoms with Crippen LogP contribution < -0.4 is 10.1 Å². The van der Waals surface area contributed by atoms with Gasteiger partial charge < -0.3 is 10.1 Å². The van der Waals surface area contributed by atoms with Gasteiger partial charge in [-0.05, 0) is 30.7 Å². The first kappa shape index (κ1) is 17.2. The number of nitrogens with one attached hydrogen (secondary N) is 1. The van der Waals surface area contributed by atoms with Crippen molar-refractivity contribution in [3.63, 3.8) is 0 Å². The number of aromatic nitrogens is 3. The van der Waals surface area contributed by atoms with Gasteiger partial charge in [0, 0.05) is 18.9 Å². The van der Waals surface area contributed by atoms with E-state index in [9.17, 15) is 9.18 Å². The van der Waals surface area contributed by atoms with Gasteiger partial charge in [-0.15, -0.1) is 5.10 Å². The smallest absolute Gasteiger partial charge is 0.220 e. The van der Waals surface area contributed by atoms with Crippen molar-refractivity contribution >= 4 is 5.91 Å². The van der Waals surface area contributed by atoms with E-state index in [1.165, 1.54) is 10.7 Å². The van der Waals surface area contributed by atoms with Crippen molar-refractivity contribution in [2.24, 2.45) is 0 Å². The summed E-state index contributed by atoms with van der Waals surface area (Å²) in [7, 11) is 0. The molecule has 1 atom stereocenters. The summed E-state index contributed by atoms with van der Waals surface area (Å²) in [6.07, 6.45) is 1.07. The van der Waals surface area contributed by atoms with Crippen LogP contribution in [0.2, 0.25) is 0 Å². The Morgan fingerprint density at radius 3 is 2.67 bits per heavy atom. The number of hydrogen-bond donors (Lipinski definition) is 1.